The fraction of sp³-hybridized carbons (Fsp3) is 0.611. The molecule has 136 valence electrons. The van der Waals surface area contributed by atoms with Crippen LogP contribution in [0.15, 0.2) is 12.1 Å². The molecule has 0 fully saturated rings. The van der Waals surface area contributed by atoms with Crippen LogP contribution in [0.2, 0.25) is 0 Å². The fourth-order valence-electron chi connectivity index (χ4n) is 2.39. The summed E-state index contributed by atoms with van der Waals surface area (Å²) in [5.74, 6) is 0.813. The molecule has 1 aromatic carbocycles. The van der Waals surface area contributed by atoms with Gasteiger partial charge in [-0.05, 0) is 24.5 Å². The first-order valence-electron chi connectivity index (χ1n) is 8.25. The molecule has 0 bridgehead atoms. The summed E-state index contributed by atoms with van der Waals surface area (Å²) >= 11 is 0. The summed E-state index contributed by atoms with van der Waals surface area (Å²) in [5, 5.41) is 0. The Morgan fingerprint density at radius 1 is 1.04 bits per heavy atom. The van der Waals surface area contributed by atoms with Crippen LogP contribution < -0.4 is 14.2 Å². The number of carbonyl (C=O) groups excluding carboxylic acids is 1. The van der Waals surface area contributed by atoms with Gasteiger partial charge in [-0.2, -0.15) is 4.89 Å². The lowest BCUT2D eigenvalue weighted by molar-refractivity contribution is -0.249. The van der Waals surface area contributed by atoms with Crippen molar-refractivity contribution in [1.82, 2.24) is 0 Å². The van der Waals surface area contributed by atoms with Gasteiger partial charge in [0.05, 0.1) is 27.9 Å². The quantitative estimate of drug-likeness (QED) is 0.448. The van der Waals surface area contributed by atoms with Crippen molar-refractivity contribution in [1.29, 1.82) is 0 Å². The molecule has 1 unspecified atom stereocenters. The molecule has 0 radical (unpaired) electrons. The molecule has 1 rings (SSSR count). The lowest BCUT2D eigenvalue weighted by Gasteiger charge is -2.16. The highest BCUT2D eigenvalue weighted by molar-refractivity contribution is 5.93. The van der Waals surface area contributed by atoms with E-state index in [1.54, 1.807) is 12.1 Å². The number of ether oxygens (including phenoxy) is 3. The second-order valence-corrected chi connectivity index (χ2v) is 5.45. The second-order valence-electron chi connectivity index (χ2n) is 5.45. The van der Waals surface area contributed by atoms with E-state index < -0.39 is 5.97 Å². The zero-order valence-electron chi connectivity index (χ0n) is 15.2. The number of carbonyl (C=O) groups is 1. The maximum absolute atomic E-state index is 12.3. The summed E-state index contributed by atoms with van der Waals surface area (Å²) in [4.78, 5) is 22.3. The summed E-state index contributed by atoms with van der Waals surface area (Å²) in [6.45, 7) is 4.64. The van der Waals surface area contributed by atoms with Crippen molar-refractivity contribution in [3.05, 3.63) is 17.7 Å². The second kappa shape index (κ2) is 10.8. The topological polar surface area (TPSA) is 63.2 Å². The first-order valence-corrected chi connectivity index (χ1v) is 8.25. The van der Waals surface area contributed by atoms with Crippen LogP contribution in [0, 0.1) is 5.92 Å². The van der Waals surface area contributed by atoms with Crippen molar-refractivity contribution < 1.29 is 28.8 Å². The first kappa shape index (κ1) is 20.1. The highest BCUT2D eigenvalue weighted by Crippen LogP contribution is 2.39. The molecule has 0 N–H and O–H groups in total. The van der Waals surface area contributed by atoms with E-state index >= 15 is 0 Å². The molecule has 0 aliphatic heterocycles. The number of hydrogen-bond donors (Lipinski definition) is 0. The van der Waals surface area contributed by atoms with E-state index in [0.29, 0.717) is 24.0 Å². The van der Waals surface area contributed by atoms with E-state index in [9.17, 15) is 4.79 Å². The van der Waals surface area contributed by atoms with Gasteiger partial charge in [0.2, 0.25) is 5.75 Å². The van der Waals surface area contributed by atoms with Crippen molar-refractivity contribution in [2.45, 2.75) is 39.5 Å². The third-order valence-corrected chi connectivity index (χ3v) is 3.91. The molecule has 1 atom stereocenters. The molecule has 0 aliphatic rings. The minimum absolute atomic E-state index is 0.219. The molecule has 0 amide bonds. The lowest BCUT2D eigenvalue weighted by Crippen LogP contribution is -2.14. The van der Waals surface area contributed by atoms with Crippen LogP contribution in [0.4, 0.5) is 0 Å². The van der Waals surface area contributed by atoms with Crippen LogP contribution in [0.5, 0.6) is 17.2 Å². The van der Waals surface area contributed by atoms with Crippen LogP contribution in [0.3, 0.4) is 0 Å². The van der Waals surface area contributed by atoms with E-state index in [2.05, 4.69) is 13.8 Å². The monoisotopic (exact) mass is 340 g/mol. The molecule has 24 heavy (non-hydrogen) atoms. The molecule has 6 nitrogen and oxygen atoms in total. The Labute approximate surface area is 143 Å². The van der Waals surface area contributed by atoms with E-state index in [0.717, 1.165) is 25.7 Å². The molecule has 0 spiro atoms. The third-order valence-electron chi connectivity index (χ3n) is 3.91. The van der Waals surface area contributed by atoms with Crippen molar-refractivity contribution in [2.24, 2.45) is 5.92 Å². The third kappa shape index (κ3) is 5.30. The summed E-state index contributed by atoms with van der Waals surface area (Å²) in [6.07, 6.45) is 4.32. The Morgan fingerprint density at radius 2 is 1.75 bits per heavy atom. The average Bonchev–Trinajstić information content (AvgIpc) is 2.62. The Hall–Kier alpha value is -1.95. The molecule has 0 aliphatic carbocycles. The van der Waals surface area contributed by atoms with Crippen molar-refractivity contribution in [2.75, 3.05) is 27.9 Å². The fourth-order valence-corrected chi connectivity index (χ4v) is 2.39. The molecular weight excluding hydrogens is 312 g/mol. The van der Waals surface area contributed by atoms with E-state index in [-0.39, 0.29) is 11.3 Å². The molecule has 0 heterocycles. The molecular formula is C18H28O6. The molecule has 1 aromatic rings. The van der Waals surface area contributed by atoms with E-state index in [1.165, 1.54) is 21.3 Å². The van der Waals surface area contributed by atoms with Crippen LogP contribution in [0.25, 0.3) is 0 Å². The summed E-state index contributed by atoms with van der Waals surface area (Å²) in [5.41, 5.74) is 0.219. The highest BCUT2D eigenvalue weighted by atomic mass is 17.2. The van der Waals surface area contributed by atoms with Gasteiger partial charge in [-0.3, -0.25) is 4.89 Å². The predicted molar refractivity (Wildman–Crippen MR) is 90.8 cm³/mol. The Bertz CT molecular complexity index is 514. The van der Waals surface area contributed by atoms with Gasteiger partial charge in [0.1, 0.15) is 5.56 Å². The number of unbranched alkanes of at least 4 members (excludes halogenated alkanes) is 1. The van der Waals surface area contributed by atoms with Gasteiger partial charge in [-0.1, -0.05) is 33.1 Å². The van der Waals surface area contributed by atoms with Gasteiger partial charge < -0.3 is 14.2 Å². The Kier molecular flexibility index (Phi) is 9.01. The van der Waals surface area contributed by atoms with Gasteiger partial charge >= 0.3 is 5.97 Å². The number of methoxy groups -OCH3 is 3. The standard InChI is InChI=1S/C18H28O6/c1-6-8-9-13(7-2)12-23-24-18(19)14-10-11-15(20-3)17(22-5)16(14)21-4/h10-11,13H,6-9,12H2,1-5H3. The first-order chi connectivity index (χ1) is 11.6. The summed E-state index contributed by atoms with van der Waals surface area (Å²) < 4.78 is 15.7. The van der Waals surface area contributed by atoms with E-state index in [1.807, 2.05) is 0 Å². The van der Waals surface area contributed by atoms with Crippen molar-refractivity contribution >= 4 is 5.97 Å². The molecule has 0 saturated carbocycles. The lowest BCUT2D eigenvalue weighted by atomic mass is 10.0. The Morgan fingerprint density at radius 3 is 2.29 bits per heavy atom. The SMILES string of the molecule is CCCCC(CC)COOC(=O)c1ccc(OC)c(OC)c1OC. The molecule has 6 heteroatoms. The minimum Gasteiger partial charge on any atom is -0.493 e. The maximum atomic E-state index is 12.3. The zero-order valence-corrected chi connectivity index (χ0v) is 15.2. The van der Waals surface area contributed by atoms with Crippen LogP contribution >= 0.6 is 0 Å². The van der Waals surface area contributed by atoms with E-state index in [4.69, 9.17) is 24.0 Å². The van der Waals surface area contributed by atoms with Gasteiger partial charge in [-0.25, -0.2) is 4.79 Å². The minimum atomic E-state index is -0.627. The summed E-state index contributed by atoms with van der Waals surface area (Å²) in [7, 11) is 4.44. The van der Waals surface area contributed by atoms with Gasteiger partial charge in [-0.15, -0.1) is 0 Å². The average molecular weight is 340 g/mol. The van der Waals surface area contributed by atoms with Crippen molar-refractivity contribution in [3.63, 3.8) is 0 Å². The summed E-state index contributed by atoms with van der Waals surface area (Å²) in [6, 6.07) is 3.17. The van der Waals surface area contributed by atoms with Gasteiger partial charge in [0, 0.05) is 0 Å². The van der Waals surface area contributed by atoms with Crippen LogP contribution in [-0.2, 0) is 9.78 Å². The predicted octanol–water partition coefficient (Wildman–Crippen LogP) is 4.02. The van der Waals surface area contributed by atoms with Crippen molar-refractivity contribution in [3.8, 4) is 17.2 Å². The molecule has 0 aromatic heterocycles. The van der Waals surface area contributed by atoms with Crippen LogP contribution in [-0.4, -0.2) is 33.9 Å². The number of hydrogen-bond acceptors (Lipinski definition) is 6. The highest BCUT2D eigenvalue weighted by Gasteiger charge is 2.22. The maximum Gasteiger partial charge on any atom is 0.376 e. The number of benzene rings is 1. The normalized spacial score (nSPS) is 11.7. The smallest absolute Gasteiger partial charge is 0.376 e. The zero-order chi connectivity index (χ0) is 17.9. The van der Waals surface area contributed by atoms with Gasteiger partial charge in [0.25, 0.3) is 0 Å². The Balaban J connectivity index is 2.74. The largest absolute Gasteiger partial charge is 0.493 e. The van der Waals surface area contributed by atoms with Gasteiger partial charge in [0.15, 0.2) is 11.5 Å². The van der Waals surface area contributed by atoms with Crippen LogP contribution in [0.1, 0.15) is 49.9 Å². The number of rotatable bonds is 11. The molecule has 0 saturated heterocycles.